The van der Waals surface area contributed by atoms with Gasteiger partial charge in [-0.3, -0.25) is 0 Å². The monoisotopic (exact) mass is 304 g/mol. The molecule has 0 bridgehead atoms. The highest BCUT2D eigenvalue weighted by atomic mass is 16.1. The van der Waals surface area contributed by atoms with E-state index in [1.807, 2.05) is 0 Å². The van der Waals surface area contributed by atoms with Gasteiger partial charge in [-0.2, -0.15) is 0 Å². The lowest BCUT2D eigenvalue weighted by molar-refractivity contribution is 0.399. The summed E-state index contributed by atoms with van der Waals surface area (Å²) in [6.45, 7) is 9.34. The molecule has 0 radical (unpaired) electrons. The molecule has 2 N–H and O–H groups in total. The maximum atomic E-state index is 11.9. The minimum Gasteiger partial charge on any atom is -0.367 e. The number of anilines is 1. The summed E-state index contributed by atoms with van der Waals surface area (Å²) >= 11 is 0. The van der Waals surface area contributed by atoms with Crippen LogP contribution >= 0.6 is 0 Å². The van der Waals surface area contributed by atoms with Crippen molar-refractivity contribution in [2.45, 2.75) is 32.6 Å². The van der Waals surface area contributed by atoms with Crippen LogP contribution in [0.4, 0.5) is 5.82 Å². The highest BCUT2D eigenvalue weighted by Gasteiger charge is 2.22. The Labute approximate surface area is 129 Å². The molecule has 0 saturated carbocycles. The predicted octanol–water partition coefficient (Wildman–Crippen LogP) is 1.08. The van der Waals surface area contributed by atoms with Crippen molar-refractivity contribution < 1.29 is 0 Å². The van der Waals surface area contributed by atoms with Crippen molar-refractivity contribution in [3.63, 3.8) is 0 Å². The second-order valence-electron chi connectivity index (χ2n) is 7.24. The van der Waals surface area contributed by atoms with Crippen molar-refractivity contribution >= 4 is 11.5 Å². The van der Waals surface area contributed by atoms with Crippen molar-refractivity contribution in [1.29, 1.82) is 0 Å². The molecule has 2 aromatic rings. The van der Waals surface area contributed by atoms with E-state index in [4.69, 9.17) is 4.98 Å². The SMILES string of the molecule is CN1CCC(CNc2nc(C(C)(C)C)cn3c(=O)[nH]nc23)C1. The van der Waals surface area contributed by atoms with E-state index in [1.54, 1.807) is 6.20 Å². The number of H-pyrrole nitrogens is 1. The first-order valence-corrected chi connectivity index (χ1v) is 7.75. The molecule has 7 heteroatoms. The molecule has 1 saturated heterocycles. The topological polar surface area (TPSA) is 78.3 Å². The molecule has 1 aliphatic rings. The fourth-order valence-corrected chi connectivity index (χ4v) is 2.83. The molecule has 1 fully saturated rings. The van der Waals surface area contributed by atoms with Crippen molar-refractivity contribution in [2.24, 2.45) is 5.92 Å². The Kier molecular flexibility index (Phi) is 3.68. The van der Waals surface area contributed by atoms with Gasteiger partial charge in [0.15, 0.2) is 5.82 Å². The number of hydrogen-bond donors (Lipinski definition) is 2. The van der Waals surface area contributed by atoms with E-state index in [2.05, 4.69) is 48.2 Å². The van der Waals surface area contributed by atoms with Crippen LogP contribution in [-0.2, 0) is 5.41 Å². The molecule has 0 aliphatic carbocycles. The molecule has 3 rings (SSSR count). The number of fused-ring (bicyclic) bond motifs is 1. The van der Waals surface area contributed by atoms with Gasteiger partial charge in [-0.25, -0.2) is 19.3 Å². The van der Waals surface area contributed by atoms with Crippen LogP contribution in [0.5, 0.6) is 0 Å². The molecule has 0 amide bonds. The summed E-state index contributed by atoms with van der Waals surface area (Å²) in [5.74, 6) is 1.29. The normalized spacial score (nSPS) is 19.9. The molecule has 0 aromatic carbocycles. The van der Waals surface area contributed by atoms with Gasteiger partial charge in [-0.15, -0.1) is 5.10 Å². The fourth-order valence-electron chi connectivity index (χ4n) is 2.83. The summed E-state index contributed by atoms with van der Waals surface area (Å²) in [5.41, 5.74) is 1.07. The Morgan fingerprint density at radius 3 is 2.86 bits per heavy atom. The largest absolute Gasteiger partial charge is 0.367 e. The van der Waals surface area contributed by atoms with Crippen LogP contribution in [-0.4, -0.2) is 51.2 Å². The van der Waals surface area contributed by atoms with Crippen LogP contribution in [0.3, 0.4) is 0 Å². The molecule has 2 aromatic heterocycles. The molecule has 1 aliphatic heterocycles. The van der Waals surface area contributed by atoms with E-state index >= 15 is 0 Å². The average molecular weight is 304 g/mol. The molecule has 1 unspecified atom stereocenters. The van der Waals surface area contributed by atoms with Crippen LogP contribution < -0.4 is 11.0 Å². The zero-order valence-corrected chi connectivity index (χ0v) is 13.7. The van der Waals surface area contributed by atoms with Gasteiger partial charge in [0.1, 0.15) is 0 Å². The number of aromatic amines is 1. The molecule has 22 heavy (non-hydrogen) atoms. The van der Waals surface area contributed by atoms with Crippen molar-refractivity contribution in [2.75, 3.05) is 32.0 Å². The Balaban J connectivity index is 1.91. The van der Waals surface area contributed by atoms with Crippen LogP contribution in [0.25, 0.3) is 5.65 Å². The van der Waals surface area contributed by atoms with E-state index < -0.39 is 0 Å². The summed E-state index contributed by atoms with van der Waals surface area (Å²) in [6, 6.07) is 0. The Hall–Kier alpha value is -1.89. The van der Waals surface area contributed by atoms with Crippen molar-refractivity contribution in [3.8, 4) is 0 Å². The van der Waals surface area contributed by atoms with E-state index in [0.717, 1.165) is 25.3 Å². The summed E-state index contributed by atoms with van der Waals surface area (Å²) in [6.07, 6.45) is 2.96. The summed E-state index contributed by atoms with van der Waals surface area (Å²) < 4.78 is 1.54. The number of aromatic nitrogens is 4. The highest BCUT2D eigenvalue weighted by Crippen LogP contribution is 2.23. The third-order valence-electron chi connectivity index (χ3n) is 4.22. The third-order valence-corrected chi connectivity index (χ3v) is 4.22. The number of likely N-dealkylation sites (tertiary alicyclic amines) is 1. The maximum absolute atomic E-state index is 11.9. The van der Waals surface area contributed by atoms with Crippen LogP contribution in [0, 0.1) is 5.92 Å². The second-order valence-corrected chi connectivity index (χ2v) is 7.24. The highest BCUT2D eigenvalue weighted by molar-refractivity contribution is 5.62. The molecular weight excluding hydrogens is 280 g/mol. The first-order valence-electron chi connectivity index (χ1n) is 7.75. The van der Waals surface area contributed by atoms with Gasteiger partial charge >= 0.3 is 5.69 Å². The second kappa shape index (κ2) is 5.39. The molecule has 3 heterocycles. The fraction of sp³-hybridized carbons (Fsp3) is 0.667. The standard InChI is InChI=1S/C15H24N6O/c1-15(2,3)11-9-21-13(18-19-14(21)22)12(17-11)16-7-10-5-6-20(4)8-10/h9-10H,5-8H2,1-4H3,(H,16,17)(H,19,22). The van der Waals surface area contributed by atoms with E-state index in [-0.39, 0.29) is 11.1 Å². The van der Waals surface area contributed by atoms with Crippen LogP contribution in [0.1, 0.15) is 32.9 Å². The zero-order chi connectivity index (χ0) is 15.9. The lowest BCUT2D eigenvalue weighted by Crippen LogP contribution is -2.22. The molecular formula is C15H24N6O. The van der Waals surface area contributed by atoms with Gasteiger partial charge in [0, 0.05) is 24.7 Å². The summed E-state index contributed by atoms with van der Waals surface area (Å²) in [7, 11) is 2.14. The summed E-state index contributed by atoms with van der Waals surface area (Å²) in [5, 5.41) is 9.99. The van der Waals surface area contributed by atoms with Gasteiger partial charge < -0.3 is 10.2 Å². The average Bonchev–Trinajstić information content (AvgIpc) is 3.02. The minimum absolute atomic E-state index is 0.130. The number of rotatable bonds is 3. The third kappa shape index (κ3) is 2.85. The van der Waals surface area contributed by atoms with Gasteiger partial charge in [-0.1, -0.05) is 20.8 Å². The van der Waals surface area contributed by atoms with E-state index in [9.17, 15) is 4.79 Å². The number of hydrogen-bond acceptors (Lipinski definition) is 5. The zero-order valence-electron chi connectivity index (χ0n) is 13.7. The lowest BCUT2D eigenvalue weighted by atomic mass is 9.93. The minimum atomic E-state index is -0.230. The molecule has 0 spiro atoms. The Morgan fingerprint density at radius 1 is 1.45 bits per heavy atom. The predicted molar refractivity (Wildman–Crippen MR) is 86.4 cm³/mol. The quantitative estimate of drug-likeness (QED) is 0.887. The van der Waals surface area contributed by atoms with Gasteiger partial charge in [0.25, 0.3) is 0 Å². The lowest BCUT2D eigenvalue weighted by Gasteiger charge is -2.19. The number of nitrogens with zero attached hydrogens (tertiary/aromatic N) is 4. The Morgan fingerprint density at radius 2 is 2.23 bits per heavy atom. The molecule has 1 atom stereocenters. The molecule has 120 valence electrons. The summed E-state index contributed by atoms with van der Waals surface area (Å²) in [4.78, 5) is 18.9. The van der Waals surface area contributed by atoms with Gasteiger partial charge in [0.2, 0.25) is 5.65 Å². The van der Waals surface area contributed by atoms with E-state index in [1.165, 1.54) is 10.8 Å². The Bertz CT molecular complexity index is 726. The van der Waals surface area contributed by atoms with Crippen molar-refractivity contribution in [1.82, 2.24) is 24.5 Å². The van der Waals surface area contributed by atoms with Crippen LogP contribution in [0.2, 0.25) is 0 Å². The smallest absolute Gasteiger partial charge is 0.347 e. The first-order chi connectivity index (χ1) is 10.3. The van der Waals surface area contributed by atoms with Gasteiger partial charge in [-0.05, 0) is 25.9 Å². The van der Waals surface area contributed by atoms with Gasteiger partial charge in [0.05, 0.1) is 5.69 Å². The van der Waals surface area contributed by atoms with Crippen molar-refractivity contribution in [3.05, 3.63) is 22.4 Å². The maximum Gasteiger partial charge on any atom is 0.347 e. The van der Waals surface area contributed by atoms with E-state index in [0.29, 0.717) is 17.4 Å². The number of nitrogens with one attached hydrogen (secondary N) is 2. The first kappa shape index (κ1) is 15.0. The molecule has 7 nitrogen and oxygen atoms in total. The van der Waals surface area contributed by atoms with Crippen LogP contribution in [0.15, 0.2) is 11.0 Å².